The Hall–Kier alpha value is -2.56. The normalized spacial score (nSPS) is 10.2. The molecular weight excluding hydrogens is 256 g/mol. The van der Waals surface area contributed by atoms with Gasteiger partial charge in [0.15, 0.2) is 5.76 Å². The van der Waals surface area contributed by atoms with E-state index in [1.54, 1.807) is 30.3 Å². The van der Waals surface area contributed by atoms with Crippen LogP contribution in [-0.4, -0.2) is 11.8 Å². The maximum Gasteiger partial charge on any atom is 0.291 e. The quantitative estimate of drug-likeness (QED) is 0.901. The van der Waals surface area contributed by atoms with Gasteiger partial charge in [-0.05, 0) is 43.7 Å². The molecule has 104 valence electrons. The van der Waals surface area contributed by atoms with Crippen molar-refractivity contribution in [3.63, 3.8) is 0 Å². The van der Waals surface area contributed by atoms with Crippen molar-refractivity contribution in [2.24, 2.45) is 0 Å². The van der Waals surface area contributed by atoms with Crippen LogP contribution in [0.5, 0.6) is 0 Å². The number of hydrogen-bond donors (Lipinski definition) is 2. The van der Waals surface area contributed by atoms with Gasteiger partial charge in [-0.2, -0.15) is 0 Å². The number of anilines is 2. The molecule has 1 aromatic heterocycles. The van der Waals surface area contributed by atoms with Crippen LogP contribution in [0.25, 0.3) is 0 Å². The van der Waals surface area contributed by atoms with E-state index in [2.05, 4.69) is 10.6 Å². The van der Waals surface area contributed by atoms with E-state index in [0.717, 1.165) is 11.3 Å². The van der Waals surface area contributed by atoms with Crippen LogP contribution in [0.4, 0.5) is 11.4 Å². The molecule has 0 radical (unpaired) electrons. The third-order valence-corrected chi connectivity index (χ3v) is 2.83. The molecule has 1 heterocycles. The molecule has 0 bridgehead atoms. The van der Waals surface area contributed by atoms with Crippen molar-refractivity contribution >= 4 is 23.2 Å². The van der Waals surface area contributed by atoms with Crippen LogP contribution < -0.4 is 10.6 Å². The molecule has 0 atom stereocenters. The minimum atomic E-state index is -0.318. The van der Waals surface area contributed by atoms with Crippen LogP contribution in [0, 0.1) is 13.8 Å². The van der Waals surface area contributed by atoms with Gasteiger partial charge in [-0.25, -0.2) is 0 Å². The Morgan fingerprint density at radius 3 is 2.25 bits per heavy atom. The van der Waals surface area contributed by atoms with Gasteiger partial charge in [0.2, 0.25) is 5.91 Å². The molecular formula is C15H16N2O3. The topological polar surface area (TPSA) is 71.3 Å². The monoisotopic (exact) mass is 272 g/mol. The van der Waals surface area contributed by atoms with Crippen LogP contribution in [0.3, 0.4) is 0 Å². The van der Waals surface area contributed by atoms with E-state index < -0.39 is 0 Å². The molecule has 2 N–H and O–H groups in total. The standard InChI is InChI=1S/C15H16N2O3/c1-9-7-14(20-10(9)2)15(19)17-13-6-4-5-12(8-13)16-11(3)18/h4-8H,1-3H3,(H,16,18)(H,17,19). The Bertz CT molecular complexity index is 639. The smallest absolute Gasteiger partial charge is 0.291 e. The molecule has 20 heavy (non-hydrogen) atoms. The maximum absolute atomic E-state index is 12.0. The molecule has 0 saturated heterocycles. The first-order chi connectivity index (χ1) is 9.45. The number of carbonyl (C=O) groups is 2. The number of aryl methyl sites for hydroxylation is 2. The predicted octanol–water partition coefficient (Wildman–Crippen LogP) is 3.11. The highest BCUT2D eigenvalue weighted by molar-refractivity contribution is 6.03. The lowest BCUT2D eigenvalue weighted by molar-refractivity contribution is -0.114. The Morgan fingerprint density at radius 1 is 1.05 bits per heavy atom. The maximum atomic E-state index is 12.0. The Balaban J connectivity index is 2.13. The highest BCUT2D eigenvalue weighted by Crippen LogP contribution is 2.18. The van der Waals surface area contributed by atoms with E-state index in [9.17, 15) is 9.59 Å². The summed E-state index contributed by atoms with van der Waals surface area (Å²) < 4.78 is 5.36. The van der Waals surface area contributed by atoms with Gasteiger partial charge in [0.1, 0.15) is 5.76 Å². The molecule has 0 spiro atoms. The van der Waals surface area contributed by atoms with Crippen molar-refractivity contribution in [1.29, 1.82) is 0 Å². The Morgan fingerprint density at radius 2 is 1.70 bits per heavy atom. The lowest BCUT2D eigenvalue weighted by Gasteiger charge is -2.06. The second kappa shape index (κ2) is 5.61. The first kappa shape index (κ1) is 13.9. The number of benzene rings is 1. The van der Waals surface area contributed by atoms with Gasteiger partial charge in [-0.3, -0.25) is 9.59 Å². The fraction of sp³-hybridized carbons (Fsp3) is 0.200. The van der Waals surface area contributed by atoms with Crippen LogP contribution in [0.1, 0.15) is 28.8 Å². The summed E-state index contributed by atoms with van der Waals surface area (Å²) in [6.07, 6.45) is 0. The zero-order chi connectivity index (χ0) is 14.7. The lowest BCUT2D eigenvalue weighted by Crippen LogP contribution is -2.11. The van der Waals surface area contributed by atoms with E-state index in [-0.39, 0.29) is 17.6 Å². The van der Waals surface area contributed by atoms with Gasteiger partial charge in [-0.15, -0.1) is 0 Å². The zero-order valence-electron chi connectivity index (χ0n) is 11.6. The molecule has 1 aromatic carbocycles. The Labute approximate surface area is 117 Å². The number of rotatable bonds is 3. The summed E-state index contributed by atoms with van der Waals surface area (Å²) in [7, 11) is 0. The number of nitrogens with one attached hydrogen (secondary N) is 2. The second-order valence-corrected chi connectivity index (χ2v) is 4.57. The van der Waals surface area contributed by atoms with Gasteiger partial charge in [0, 0.05) is 18.3 Å². The summed E-state index contributed by atoms with van der Waals surface area (Å²) in [5.41, 5.74) is 2.15. The third kappa shape index (κ3) is 3.26. The van der Waals surface area contributed by atoms with Crippen LogP contribution in [-0.2, 0) is 4.79 Å². The lowest BCUT2D eigenvalue weighted by atomic mass is 10.2. The van der Waals surface area contributed by atoms with Crippen molar-refractivity contribution in [3.8, 4) is 0 Å². The average molecular weight is 272 g/mol. The third-order valence-electron chi connectivity index (χ3n) is 2.83. The molecule has 0 aliphatic carbocycles. The minimum absolute atomic E-state index is 0.161. The fourth-order valence-corrected chi connectivity index (χ4v) is 1.76. The first-order valence-electron chi connectivity index (χ1n) is 6.22. The van der Waals surface area contributed by atoms with Crippen molar-refractivity contribution in [2.45, 2.75) is 20.8 Å². The molecule has 0 unspecified atom stereocenters. The summed E-state index contributed by atoms with van der Waals surface area (Å²) >= 11 is 0. The molecule has 5 nitrogen and oxygen atoms in total. The largest absolute Gasteiger partial charge is 0.456 e. The average Bonchev–Trinajstić information content (AvgIpc) is 2.69. The molecule has 2 rings (SSSR count). The van der Waals surface area contributed by atoms with Crippen molar-refractivity contribution < 1.29 is 14.0 Å². The number of amides is 2. The zero-order valence-corrected chi connectivity index (χ0v) is 11.6. The summed E-state index contributed by atoms with van der Waals surface area (Å²) in [6, 6.07) is 8.62. The van der Waals surface area contributed by atoms with Gasteiger partial charge in [0.25, 0.3) is 5.91 Å². The number of carbonyl (C=O) groups excluding carboxylic acids is 2. The van der Waals surface area contributed by atoms with Crippen LogP contribution >= 0.6 is 0 Å². The molecule has 0 aliphatic rings. The van der Waals surface area contributed by atoms with E-state index in [4.69, 9.17) is 4.42 Å². The van der Waals surface area contributed by atoms with Crippen molar-refractivity contribution in [1.82, 2.24) is 0 Å². The van der Waals surface area contributed by atoms with E-state index >= 15 is 0 Å². The first-order valence-corrected chi connectivity index (χ1v) is 6.22. The molecule has 0 aliphatic heterocycles. The van der Waals surface area contributed by atoms with Crippen LogP contribution in [0.2, 0.25) is 0 Å². The molecule has 0 fully saturated rings. The fourth-order valence-electron chi connectivity index (χ4n) is 1.76. The number of furan rings is 1. The van der Waals surface area contributed by atoms with Crippen molar-refractivity contribution in [3.05, 3.63) is 47.4 Å². The predicted molar refractivity (Wildman–Crippen MR) is 76.9 cm³/mol. The second-order valence-electron chi connectivity index (χ2n) is 4.57. The van der Waals surface area contributed by atoms with E-state index in [1.807, 2.05) is 13.8 Å². The Kier molecular flexibility index (Phi) is 3.89. The van der Waals surface area contributed by atoms with Crippen LogP contribution in [0.15, 0.2) is 34.7 Å². The van der Waals surface area contributed by atoms with E-state index in [0.29, 0.717) is 11.4 Å². The molecule has 0 saturated carbocycles. The van der Waals surface area contributed by atoms with E-state index in [1.165, 1.54) is 6.92 Å². The summed E-state index contributed by atoms with van der Waals surface area (Å²) in [5.74, 6) is 0.513. The van der Waals surface area contributed by atoms with Crippen molar-refractivity contribution in [2.75, 3.05) is 10.6 Å². The highest BCUT2D eigenvalue weighted by Gasteiger charge is 2.12. The van der Waals surface area contributed by atoms with Gasteiger partial charge < -0.3 is 15.1 Å². The minimum Gasteiger partial charge on any atom is -0.456 e. The molecule has 2 amide bonds. The summed E-state index contributed by atoms with van der Waals surface area (Å²) in [4.78, 5) is 23.0. The summed E-state index contributed by atoms with van der Waals surface area (Å²) in [6.45, 7) is 5.12. The SMILES string of the molecule is CC(=O)Nc1cccc(NC(=O)c2cc(C)c(C)o2)c1. The van der Waals surface area contributed by atoms with Gasteiger partial charge in [0.05, 0.1) is 0 Å². The number of hydrogen-bond acceptors (Lipinski definition) is 3. The molecule has 2 aromatic rings. The summed E-state index contributed by atoms with van der Waals surface area (Å²) in [5, 5.41) is 5.39. The van der Waals surface area contributed by atoms with Gasteiger partial charge in [-0.1, -0.05) is 6.07 Å². The van der Waals surface area contributed by atoms with Gasteiger partial charge >= 0.3 is 0 Å². The molecule has 5 heteroatoms. The highest BCUT2D eigenvalue weighted by atomic mass is 16.3.